The number of hydrogen-bond donors (Lipinski definition) is 1. The minimum Gasteiger partial charge on any atom is -0.423 e. The van der Waals surface area contributed by atoms with E-state index in [2.05, 4.69) is 67.8 Å². The van der Waals surface area contributed by atoms with E-state index in [1.165, 1.54) is 12.1 Å². The molecule has 0 amide bonds. The summed E-state index contributed by atoms with van der Waals surface area (Å²) in [5.41, 5.74) is 0.995. The van der Waals surface area contributed by atoms with E-state index < -0.39 is 16.1 Å². The van der Waals surface area contributed by atoms with E-state index in [0.29, 0.717) is 11.1 Å². The summed E-state index contributed by atoms with van der Waals surface area (Å²) in [5, 5.41) is 0. The summed E-state index contributed by atoms with van der Waals surface area (Å²) in [5.74, 6) is -0.180. The molecule has 0 aromatic heterocycles. The number of benzene rings is 2. The van der Waals surface area contributed by atoms with E-state index in [4.69, 9.17) is 4.74 Å². The molecule has 3 rings (SSSR count). The van der Waals surface area contributed by atoms with Crippen molar-refractivity contribution < 1.29 is 22.5 Å². The zero-order valence-electron chi connectivity index (χ0n) is 14.6. The highest BCUT2D eigenvalue weighted by molar-refractivity contribution is 14.1. The standard InChI is InChI=1S/C19H17I3O5S/c20-12-8-15(18(22)16(21)9-12)19(23)27-13-6-7-17(28(24,25)26)14(10-13)11-4-2-1-3-5-11/h6-11H,1-5H2,(H,24,25,26). The van der Waals surface area contributed by atoms with Gasteiger partial charge in [0.25, 0.3) is 10.1 Å². The molecule has 1 N–H and O–H groups in total. The molecule has 0 unspecified atom stereocenters. The molecule has 1 saturated carbocycles. The summed E-state index contributed by atoms with van der Waals surface area (Å²) in [6.07, 6.45) is 4.85. The van der Waals surface area contributed by atoms with Gasteiger partial charge in [0.1, 0.15) is 5.75 Å². The van der Waals surface area contributed by atoms with Crippen LogP contribution in [0.3, 0.4) is 0 Å². The van der Waals surface area contributed by atoms with Gasteiger partial charge in [-0.25, -0.2) is 4.79 Å². The van der Waals surface area contributed by atoms with Crippen molar-refractivity contribution in [3.05, 3.63) is 52.2 Å². The van der Waals surface area contributed by atoms with Crippen LogP contribution in [0.1, 0.15) is 53.9 Å². The molecule has 2 aromatic rings. The van der Waals surface area contributed by atoms with Gasteiger partial charge >= 0.3 is 5.97 Å². The third kappa shape index (κ3) is 5.38. The van der Waals surface area contributed by atoms with E-state index in [1.807, 2.05) is 6.07 Å². The summed E-state index contributed by atoms with van der Waals surface area (Å²) >= 11 is 6.44. The molecular weight excluding hydrogens is 721 g/mol. The van der Waals surface area contributed by atoms with Crippen molar-refractivity contribution >= 4 is 83.9 Å². The Balaban J connectivity index is 1.96. The molecule has 0 aliphatic heterocycles. The molecule has 0 heterocycles. The van der Waals surface area contributed by atoms with Crippen molar-refractivity contribution in [2.45, 2.75) is 42.9 Å². The third-order valence-corrected chi connectivity index (χ3v) is 9.32. The number of carbonyl (C=O) groups excluding carboxylic acids is 1. The van der Waals surface area contributed by atoms with Gasteiger partial charge in [-0.3, -0.25) is 4.55 Å². The molecule has 2 aromatic carbocycles. The van der Waals surface area contributed by atoms with E-state index in [0.717, 1.165) is 42.8 Å². The van der Waals surface area contributed by atoms with Crippen molar-refractivity contribution in [2.24, 2.45) is 0 Å². The lowest BCUT2D eigenvalue weighted by Crippen LogP contribution is -2.14. The molecule has 0 spiro atoms. The van der Waals surface area contributed by atoms with Crippen molar-refractivity contribution in [1.29, 1.82) is 0 Å². The maximum atomic E-state index is 12.7. The predicted octanol–water partition coefficient (Wildman–Crippen LogP) is 6.01. The smallest absolute Gasteiger partial charge is 0.344 e. The van der Waals surface area contributed by atoms with E-state index >= 15 is 0 Å². The van der Waals surface area contributed by atoms with Crippen LogP contribution in [-0.4, -0.2) is 18.9 Å². The van der Waals surface area contributed by atoms with Crippen LogP contribution in [0, 0.1) is 10.7 Å². The molecule has 1 aliphatic carbocycles. The average molecular weight is 738 g/mol. The Labute approximate surface area is 205 Å². The van der Waals surface area contributed by atoms with Crippen LogP contribution in [0.25, 0.3) is 0 Å². The summed E-state index contributed by atoms with van der Waals surface area (Å²) in [6.45, 7) is 0. The van der Waals surface area contributed by atoms with Gasteiger partial charge in [-0.15, -0.1) is 0 Å². The van der Waals surface area contributed by atoms with Crippen LogP contribution in [0.2, 0.25) is 0 Å². The maximum Gasteiger partial charge on any atom is 0.344 e. The highest BCUT2D eigenvalue weighted by Crippen LogP contribution is 2.38. The Morgan fingerprint density at radius 2 is 1.71 bits per heavy atom. The van der Waals surface area contributed by atoms with Gasteiger partial charge in [0.05, 0.1) is 10.5 Å². The lowest BCUT2D eigenvalue weighted by Gasteiger charge is -2.24. The summed E-state index contributed by atoms with van der Waals surface area (Å²) < 4.78 is 41.5. The van der Waals surface area contributed by atoms with Crippen LogP contribution in [0.5, 0.6) is 5.75 Å². The lowest BCUT2D eigenvalue weighted by molar-refractivity contribution is 0.0733. The van der Waals surface area contributed by atoms with Crippen molar-refractivity contribution in [1.82, 2.24) is 0 Å². The van der Waals surface area contributed by atoms with Crippen molar-refractivity contribution in [3.63, 3.8) is 0 Å². The first kappa shape index (κ1) is 22.7. The molecule has 1 fully saturated rings. The Morgan fingerprint density at radius 1 is 1.04 bits per heavy atom. The summed E-state index contributed by atoms with van der Waals surface area (Å²) in [4.78, 5) is 12.6. The number of ether oxygens (including phenoxy) is 1. The number of hydrogen-bond acceptors (Lipinski definition) is 4. The fourth-order valence-electron chi connectivity index (χ4n) is 3.42. The number of halogens is 3. The fraction of sp³-hybridized carbons (Fsp3) is 0.316. The topological polar surface area (TPSA) is 80.7 Å². The Kier molecular flexibility index (Phi) is 7.64. The second kappa shape index (κ2) is 9.43. The second-order valence-corrected chi connectivity index (χ2v) is 11.5. The SMILES string of the molecule is O=C(Oc1ccc(S(=O)(=O)O)c(C2CCCCC2)c1)c1cc(I)cc(I)c1I. The van der Waals surface area contributed by atoms with Crippen LogP contribution in [0.15, 0.2) is 35.2 Å². The van der Waals surface area contributed by atoms with Crippen LogP contribution >= 0.6 is 67.8 Å². The molecule has 0 atom stereocenters. The van der Waals surface area contributed by atoms with Gasteiger partial charge in [-0.05, 0) is 122 Å². The Hall–Kier alpha value is 0.0100. The highest BCUT2D eigenvalue weighted by Gasteiger charge is 2.25. The van der Waals surface area contributed by atoms with Crippen LogP contribution < -0.4 is 4.74 Å². The molecule has 5 nitrogen and oxygen atoms in total. The minimum absolute atomic E-state index is 0.0306. The molecule has 28 heavy (non-hydrogen) atoms. The third-order valence-electron chi connectivity index (χ3n) is 4.73. The van der Waals surface area contributed by atoms with E-state index in [-0.39, 0.29) is 16.6 Å². The summed E-state index contributed by atoms with van der Waals surface area (Å²) in [6, 6.07) is 8.07. The predicted molar refractivity (Wildman–Crippen MR) is 132 cm³/mol. The monoisotopic (exact) mass is 738 g/mol. The largest absolute Gasteiger partial charge is 0.423 e. The van der Waals surface area contributed by atoms with E-state index in [1.54, 1.807) is 12.1 Å². The highest BCUT2D eigenvalue weighted by atomic mass is 127. The molecule has 9 heteroatoms. The van der Waals surface area contributed by atoms with Gasteiger partial charge in [0, 0.05) is 10.7 Å². The molecule has 0 bridgehead atoms. The normalized spacial score (nSPS) is 15.4. The molecule has 1 aliphatic rings. The molecule has 0 saturated heterocycles. The first-order valence-electron chi connectivity index (χ1n) is 8.65. The van der Waals surface area contributed by atoms with Gasteiger partial charge in [-0.1, -0.05) is 19.3 Å². The second-order valence-electron chi connectivity index (χ2n) is 6.65. The average Bonchev–Trinajstić information content (AvgIpc) is 2.64. The van der Waals surface area contributed by atoms with Gasteiger partial charge in [0.2, 0.25) is 0 Å². The van der Waals surface area contributed by atoms with Crippen molar-refractivity contribution in [2.75, 3.05) is 0 Å². The molecule has 150 valence electrons. The van der Waals surface area contributed by atoms with Gasteiger partial charge < -0.3 is 4.74 Å². The van der Waals surface area contributed by atoms with Gasteiger partial charge in [0.15, 0.2) is 0 Å². The molecular formula is C19H17I3O5S. The van der Waals surface area contributed by atoms with Crippen LogP contribution in [-0.2, 0) is 10.1 Å². The first-order valence-corrected chi connectivity index (χ1v) is 13.3. The minimum atomic E-state index is -4.34. The quantitative estimate of drug-likeness (QED) is 0.137. The lowest BCUT2D eigenvalue weighted by atomic mass is 9.84. The number of rotatable bonds is 4. The van der Waals surface area contributed by atoms with Crippen LogP contribution in [0.4, 0.5) is 0 Å². The number of esters is 1. The van der Waals surface area contributed by atoms with Crippen molar-refractivity contribution in [3.8, 4) is 5.75 Å². The Morgan fingerprint density at radius 3 is 2.36 bits per heavy atom. The zero-order valence-corrected chi connectivity index (χ0v) is 21.9. The Bertz CT molecular complexity index is 1010. The zero-order chi connectivity index (χ0) is 20.5. The summed E-state index contributed by atoms with van der Waals surface area (Å²) in [7, 11) is -4.34. The fourth-order valence-corrected chi connectivity index (χ4v) is 6.56. The number of carbonyl (C=O) groups is 1. The first-order chi connectivity index (χ1) is 13.2. The molecule has 0 radical (unpaired) electrons. The maximum absolute atomic E-state index is 12.7. The van der Waals surface area contributed by atoms with E-state index in [9.17, 15) is 17.8 Å². The van der Waals surface area contributed by atoms with Gasteiger partial charge in [-0.2, -0.15) is 8.42 Å².